The predicted octanol–water partition coefficient (Wildman–Crippen LogP) is 2.46. The third-order valence-electron chi connectivity index (χ3n) is 6.59. The van der Waals surface area contributed by atoms with E-state index in [9.17, 15) is 0 Å². The summed E-state index contributed by atoms with van der Waals surface area (Å²) in [5, 5.41) is 9.59. The van der Waals surface area contributed by atoms with Gasteiger partial charge in [0.05, 0.1) is 23.5 Å². The summed E-state index contributed by atoms with van der Waals surface area (Å²) in [6.07, 6.45) is 9.36. The number of nitrogens with one attached hydrogen (secondary N) is 1. The van der Waals surface area contributed by atoms with E-state index in [2.05, 4.69) is 44.0 Å². The van der Waals surface area contributed by atoms with Crippen LogP contribution in [0.25, 0.3) is 11.0 Å². The van der Waals surface area contributed by atoms with Gasteiger partial charge in [-0.3, -0.25) is 9.88 Å². The van der Waals surface area contributed by atoms with E-state index >= 15 is 0 Å². The standard InChI is InChI=1S/C23H32N8O/c1-3-31-23-19(14-26-31)22(28-18-4-12-32-13-5-18)20(17(2)27-23)16-29-8-10-30(11-9-29)21-15-24-6-7-25-21/h6-7,14-15,18H,3-5,8-13,16H2,1-2H3,(H,27,28). The Morgan fingerprint density at radius 1 is 1.09 bits per heavy atom. The predicted molar refractivity (Wildman–Crippen MR) is 125 cm³/mol. The van der Waals surface area contributed by atoms with E-state index in [1.807, 2.05) is 17.1 Å². The third kappa shape index (κ3) is 4.27. The molecule has 2 fully saturated rings. The van der Waals surface area contributed by atoms with Gasteiger partial charge in [-0.1, -0.05) is 0 Å². The molecular formula is C23H32N8O. The fourth-order valence-electron chi connectivity index (χ4n) is 4.69. The summed E-state index contributed by atoms with van der Waals surface area (Å²) in [5.41, 5.74) is 4.54. The molecule has 1 N–H and O–H groups in total. The molecule has 3 aromatic heterocycles. The molecule has 9 heteroatoms. The molecule has 5 heterocycles. The minimum absolute atomic E-state index is 0.422. The first kappa shape index (κ1) is 21.1. The van der Waals surface area contributed by atoms with Crippen molar-refractivity contribution in [2.45, 2.75) is 45.8 Å². The summed E-state index contributed by atoms with van der Waals surface area (Å²) < 4.78 is 7.56. The minimum Gasteiger partial charge on any atom is -0.381 e. The Labute approximate surface area is 188 Å². The molecule has 5 rings (SSSR count). The topological polar surface area (TPSA) is 84.2 Å². The van der Waals surface area contributed by atoms with Gasteiger partial charge in [-0.05, 0) is 26.7 Å². The van der Waals surface area contributed by atoms with Crippen LogP contribution < -0.4 is 10.2 Å². The number of aryl methyl sites for hydroxylation is 2. The summed E-state index contributed by atoms with van der Waals surface area (Å²) in [5.74, 6) is 0.959. The van der Waals surface area contributed by atoms with Crippen molar-refractivity contribution in [2.75, 3.05) is 49.6 Å². The van der Waals surface area contributed by atoms with Crippen molar-refractivity contribution in [3.05, 3.63) is 36.0 Å². The molecule has 0 saturated carbocycles. The largest absolute Gasteiger partial charge is 0.381 e. The second kappa shape index (κ2) is 9.38. The van der Waals surface area contributed by atoms with Gasteiger partial charge in [0, 0.05) is 82.2 Å². The van der Waals surface area contributed by atoms with Crippen LogP contribution in [0.2, 0.25) is 0 Å². The number of pyridine rings is 1. The van der Waals surface area contributed by atoms with E-state index in [1.54, 1.807) is 12.4 Å². The molecule has 32 heavy (non-hydrogen) atoms. The van der Waals surface area contributed by atoms with Crippen molar-refractivity contribution in [3.8, 4) is 0 Å². The quantitative estimate of drug-likeness (QED) is 0.631. The summed E-state index contributed by atoms with van der Waals surface area (Å²) >= 11 is 0. The summed E-state index contributed by atoms with van der Waals surface area (Å²) in [6.45, 7) is 11.4. The van der Waals surface area contributed by atoms with E-state index in [0.717, 1.165) is 87.9 Å². The fraction of sp³-hybridized carbons (Fsp3) is 0.565. The van der Waals surface area contributed by atoms with E-state index in [1.165, 1.54) is 11.3 Å². The molecule has 0 unspecified atom stereocenters. The molecule has 0 bridgehead atoms. The van der Waals surface area contributed by atoms with Crippen molar-refractivity contribution < 1.29 is 4.74 Å². The second-order valence-corrected chi connectivity index (χ2v) is 8.61. The van der Waals surface area contributed by atoms with E-state index in [-0.39, 0.29) is 0 Å². The highest BCUT2D eigenvalue weighted by Crippen LogP contribution is 2.32. The van der Waals surface area contributed by atoms with Crippen LogP contribution >= 0.6 is 0 Å². The Morgan fingerprint density at radius 3 is 2.62 bits per heavy atom. The van der Waals surface area contributed by atoms with Crippen molar-refractivity contribution in [1.82, 2.24) is 29.6 Å². The maximum atomic E-state index is 5.58. The molecule has 2 aliphatic heterocycles. The first-order chi connectivity index (χ1) is 15.7. The minimum atomic E-state index is 0.422. The van der Waals surface area contributed by atoms with E-state index < -0.39 is 0 Å². The highest BCUT2D eigenvalue weighted by atomic mass is 16.5. The Bertz CT molecular complexity index is 1040. The number of ether oxygens (including phenoxy) is 1. The van der Waals surface area contributed by atoms with Crippen molar-refractivity contribution in [1.29, 1.82) is 0 Å². The first-order valence-corrected chi connectivity index (χ1v) is 11.7. The highest BCUT2D eigenvalue weighted by Gasteiger charge is 2.24. The molecule has 170 valence electrons. The molecule has 2 saturated heterocycles. The van der Waals surface area contributed by atoms with Crippen LogP contribution in [-0.2, 0) is 17.8 Å². The molecule has 3 aromatic rings. The zero-order valence-electron chi connectivity index (χ0n) is 19.0. The zero-order valence-corrected chi connectivity index (χ0v) is 19.0. The van der Waals surface area contributed by atoms with Gasteiger partial charge in [0.1, 0.15) is 5.82 Å². The molecular weight excluding hydrogens is 404 g/mol. The normalized spacial score (nSPS) is 18.4. The van der Waals surface area contributed by atoms with Crippen molar-refractivity contribution in [3.63, 3.8) is 0 Å². The molecule has 0 radical (unpaired) electrons. The lowest BCUT2D eigenvalue weighted by atomic mass is 10.0. The van der Waals surface area contributed by atoms with Crippen molar-refractivity contribution >= 4 is 22.5 Å². The Morgan fingerprint density at radius 2 is 1.91 bits per heavy atom. The summed E-state index contributed by atoms with van der Waals surface area (Å²) in [6, 6.07) is 0.422. The lowest BCUT2D eigenvalue weighted by molar-refractivity contribution is 0.0904. The van der Waals surface area contributed by atoms with Gasteiger partial charge in [-0.2, -0.15) is 5.10 Å². The van der Waals surface area contributed by atoms with Gasteiger partial charge in [-0.15, -0.1) is 0 Å². The number of hydrogen-bond acceptors (Lipinski definition) is 8. The molecule has 2 aliphatic rings. The maximum absolute atomic E-state index is 5.58. The molecule has 0 amide bonds. The van der Waals surface area contributed by atoms with Crippen LogP contribution in [0.3, 0.4) is 0 Å². The number of aromatic nitrogens is 5. The molecule has 0 spiro atoms. The van der Waals surface area contributed by atoms with Gasteiger partial charge in [0.2, 0.25) is 0 Å². The molecule has 0 aromatic carbocycles. The zero-order chi connectivity index (χ0) is 21.9. The Balaban J connectivity index is 1.39. The van der Waals surface area contributed by atoms with Gasteiger partial charge >= 0.3 is 0 Å². The number of nitrogens with zero attached hydrogens (tertiary/aromatic N) is 7. The average molecular weight is 437 g/mol. The number of anilines is 2. The first-order valence-electron chi connectivity index (χ1n) is 11.7. The van der Waals surface area contributed by atoms with Crippen LogP contribution in [0.15, 0.2) is 24.8 Å². The third-order valence-corrected chi connectivity index (χ3v) is 6.59. The lowest BCUT2D eigenvalue weighted by Crippen LogP contribution is -2.46. The van der Waals surface area contributed by atoms with Gasteiger partial charge < -0.3 is 15.0 Å². The van der Waals surface area contributed by atoms with Crippen LogP contribution in [-0.4, -0.2) is 75.1 Å². The fourth-order valence-corrected chi connectivity index (χ4v) is 4.69. The average Bonchev–Trinajstić information content (AvgIpc) is 3.25. The molecule has 0 atom stereocenters. The summed E-state index contributed by atoms with van der Waals surface area (Å²) in [4.78, 5) is 18.5. The van der Waals surface area contributed by atoms with E-state index in [0.29, 0.717) is 6.04 Å². The number of rotatable bonds is 6. The SMILES string of the molecule is CCn1ncc2c(NC3CCOCC3)c(CN3CCN(c4cnccn4)CC3)c(C)nc21. The van der Waals surface area contributed by atoms with Gasteiger partial charge in [-0.25, -0.2) is 14.6 Å². The van der Waals surface area contributed by atoms with Gasteiger partial charge in [0.15, 0.2) is 5.65 Å². The second-order valence-electron chi connectivity index (χ2n) is 8.61. The Kier molecular flexibility index (Phi) is 6.18. The van der Waals surface area contributed by atoms with E-state index in [4.69, 9.17) is 9.72 Å². The van der Waals surface area contributed by atoms with Crippen LogP contribution in [0, 0.1) is 6.92 Å². The molecule has 9 nitrogen and oxygen atoms in total. The van der Waals surface area contributed by atoms with Gasteiger partial charge in [0.25, 0.3) is 0 Å². The maximum Gasteiger partial charge on any atom is 0.160 e. The lowest BCUT2D eigenvalue weighted by Gasteiger charge is -2.36. The van der Waals surface area contributed by atoms with Crippen LogP contribution in [0.1, 0.15) is 31.0 Å². The monoisotopic (exact) mass is 436 g/mol. The number of piperazine rings is 1. The smallest absolute Gasteiger partial charge is 0.160 e. The number of hydrogen-bond donors (Lipinski definition) is 1. The van der Waals surface area contributed by atoms with Crippen molar-refractivity contribution in [2.24, 2.45) is 0 Å². The molecule has 0 aliphatic carbocycles. The highest BCUT2D eigenvalue weighted by molar-refractivity contribution is 5.91. The number of fused-ring (bicyclic) bond motifs is 1. The summed E-state index contributed by atoms with van der Waals surface area (Å²) in [7, 11) is 0. The van der Waals surface area contributed by atoms with Crippen LogP contribution in [0.4, 0.5) is 11.5 Å². The Hall–Kier alpha value is -2.78. The van der Waals surface area contributed by atoms with Crippen LogP contribution in [0.5, 0.6) is 0 Å².